The van der Waals surface area contributed by atoms with Crippen LogP contribution in [0.25, 0.3) is 0 Å². The smallest absolute Gasteiger partial charge is 0.348 e. The van der Waals surface area contributed by atoms with Gasteiger partial charge in [0.25, 0.3) is 0 Å². The molecule has 2 aromatic heterocycles. The van der Waals surface area contributed by atoms with Gasteiger partial charge in [-0.1, -0.05) is 12.1 Å². The van der Waals surface area contributed by atoms with Crippen LogP contribution in [0.4, 0.5) is 4.39 Å². The molecule has 0 radical (unpaired) electrons. The largest absolute Gasteiger partial charge is 0.445 e. The van der Waals surface area contributed by atoms with Gasteiger partial charge < -0.3 is 9.32 Å². The number of aryl methyl sites for hydroxylation is 2. The topological polar surface area (TPSA) is 81.2 Å². The van der Waals surface area contributed by atoms with Crippen molar-refractivity contribution < 1.29 is 13.6 Å². The van der Waals surface area contributed by atoms with Crippen molar-refractivity contribution in [1.29, 1.82) is 0 Å². The minimum Gasteiger partial charge on any atom is -0.445 e. The maximum absolute atomic E-state index is 13.4. The van der Waals surface area contributed by atoms with Crippen LogP contribution in [0.3, 0.4) is 0 Å². The molecular formula is C23H25FN4O3. The highest BCUT2D eigenvalue weighted by Gasteiger charge is 2.28. The maximum Gasteiger partial charge on any atom is 0.348 e. The summed E-state index contributed by atoms with van der Waals surface area (Å²) in [6, 6.07) is 8.19. The van der Waals surface area contributed by atoms with Gasteiger partial charge in [-0.05, 0) is 50.5 Å². The zero-order valence-corrected chi connectivity index (χ0v) is 17.7. The Morgan fingerprint density at radius 3 is 2.90 bits per heavy atom. The highest BCUT2D eigenvalue weighted by atomic mass is 19.1. The van der Waals surface area contributed by atoms with Crippen LogP contribution in [-0.2, 0) is 17.8 Å². The van der Waals surface area contributed by atoms with Crippen molar-refractivity contribution in [1.82, 2.24) is 19.4 Å². The van der Waals surface area contributed by atoms with Crippen molar-refractivity contribution in [2.45, 2.75) is 45.6 Å². The molecule has 1 fully saturated rings. The third-order valence-corrected chi connectivity index (χ3v) is 5.60. The number of carbonyl (C=O) groups is 1. The molecule has 1 aliphatic rings. The van der Waals surface area contributed by atoms with Crippen LogP contribution in [0, 0.1) is 19.7 Å². The molecule has 0 bridgehead atoms. The Morgan fingerprint density at radius 1 is 1.29 bits per heavy atom. The SMILES string of the molecule is Cc1cc(C)n(CC(=O)N2CCC[C@H](c3ncc(Cc4cccc(F)c4)o3)C2)c(=O)n1. The van der Waals surface area contributed by atoms with Gasteiger partial charge in [-0.25, -0.2) is 14.2 Å². The molecule has 0 N–H and O–H groups in total. The van der Waals surface area contributed by atoms with E-state index in [1.807, 2.05) is 6.07 Å². The van der Waals surface area contributed by atoms with E-state index in [0.717, 1.165) is 18.4 Å². The minimum absolute atomic E-state index is 0.00655. The van der Waals surface area contributed by atoms with Crippen molar-refractivity contribution in [2.24, 2.45) is 0 Å². The Labute approximate surface area is 179 Å². The summed E-state index contributed by atoms with van der Waals surface area (Å²) in [6.45, 7) is 4.66. The fraction of sp³-hybridized carbons (Fsp3) is 0.391. The second-order valence-corrected chi connectivity index (χ2v) is 8.06. The molecule has 162 valence electrons. The van der Waals surface area contributed by atoms with E-state index in [2.05, 4.69) is 9.97 Å². The average Bonchev–Trinajstić information content (AvgIpc) is 3.19. The Hall–Kier alpha value is -3.29. The number of hydrogen-bond donors (Lipinski definition) is 0. The number of nitrogens with zero attached hydrogens (tertiary/aromatic N) is 4. The Kier molecular flexibility index (Phi) is 5.97. The zero-order chi connectivity index (χ0) is 22.0. The number of halogens is 1. The summed E-state index contributed by atoms with van der Waals surface area (Å²) in [5, 5.41) is 0. The summed E-state index contributed by atoms with van der Waals surface area (Å²) in [5.74, 6) is 0.850. The van der Waals surface area contributed by atoms with Crippen molar-refractivity contribution in [3.05, 3.63) is 81.4 Å². The number of rotatable bonds is 5. The lowest BCUT2D eigenvalue weighted by atomic mass is 9.98. The molecule has 4 rings (SSSR count). The first kappa shape index (κ1) is 21.0. The molecule has 8 heteroatoms. The van der Waals surface area contributed by atoms with Gasteiger partial charge in [0.15, 0.2) is 5.89 Å². The molecule has 0 unspecified atom stereocenters. The predicted octanol–water partition coefficient (Wildman–Crippen LogP) is 2.98. The Balaban J connectivity index is 1.42. The molecule has 3 aromatic rings. The molecule has 1 aliphatic heterocycles. The third kappa shape index (κ3) is 4.90. The molecular weight excluding hydrogens is 399 g/mol. The number of hydrogen-bond acceptors (Lipinski definition) is 5. The van der Waals surface area contributed by atoms with Crippen LogP contribution >= 0.6 is 0 Å². The van der Waals surface area contributed by atoms with Crippen molar-refractivity contribution in [3.8, 4) is 0 Å². The second kappa shape index (κ2) is 8.83. The highest BCUT2D eigenvalue weighted by molar-refractivity contribution is 5.76. The number of amides is 1. The van der Waals surface area contributed by atoms with Gasteiger partial charge >= 0.3 is 5.69 Å². The number of oxazole rings is 1. The summed E-state index contributed by atoms with van der Waals surface area (Å²) < 4.78 is 20.7. The first-order valence-corrected chi connectivity index (χ1v) is 10.4. The van der Waals surface area contributed by atoms with Gasteiger partial charge in [0, 0.05) is 30.9 Å². The normalized spacial score (nSPS) is 16.5. The average molecular weight is 424 g/mol. The van der Waals surface area contributed by atoms with E-state index >= 15 is 0 Å². The second-order valence-electron chi connectivity index (χ2n) is 8.06. The highest BCUT2D eigenvalue weighted by Crippen LogP contribution is 2.27. The molecule has 0 saturated carbocycles. The van der Waals surface area contributed by atoms with Crippen LogP contribution < -0.4 is 5.69 Å². The van der Waals surface area contributed by atoms with Gasteiger partial charge in [-0.2, -0.15) is 4.98 Å². The predicted molar refractivity (Wildman–Crippen MR) is 112 cm³/mol. The summed E-state index contributed by atoms with van der Waals surface area (Å²) >= 11 is 0. The van der Waals surface area contributed by atoms with Crippen LogP contribution in [-0.4, -0.2) is 38.4 Å². The Bertz CT molecular complexity index is 1150. The standard InChI is InChI=1S/C23H25FN4O3/c1-15-9-16(2)28(23(30)26-15)14-21(29)27-8-4-6-18(13-27)22-25-12-20(31-22)11-17-5-3-7-19(24)10-17/h3,5,7,9-10,12,18H,4,6,8,11,13-14H2,1-2H3/t18-/m0/s1. The number of piperidine rings is 1. The number of likely N-dealkylation sites (tertiary alicyclic amines) is 1. The van der Waals surface area contributed by atoms with E-state index in [1.165, 1.54) is 16.7 Å². The molecule has 1 aromatic carbocycles. The van der Waals surface area contributed by atoms with Crippen molar-refractivity contribution in [2.75, 3.05) is 13.1 Å². The third-order valence-electron chi connectivity index (χ3n) is 5.60. The number of carbonyl (C=O) groups excluding carboxylic acids is 1. The summed E-state index contributed by atoms with van der Waals surface area (Å²) in [6.07, 6.45) is 3.83. The first-order chi connectivity index (χ1) is 14.9. The van der Waals surface area contributed by atoms with Crippen molar-refractivity contribution >= 4 is 5.91 Å². The molecule has 1 saturated heterocycles. The van der Waals surface area contributed by atoms with Crippen LogP contribution in [0.15, 0.2) is 45.7 Å². The molecule has 31 heavy (non-hydrogen) atoms. The number of benzene rings is 1. The lowest BCUT2D eigenvalue weighted by molar-refractivity contribution is -0.133. The molecule has 0 aliphatic carbocycles. The lowest BCUT2D eigenvalue weighted by Crippen LogP contribution is -2.42. The lowest BCUT2D eigenvalue weighted by Gasteiger charge is -2.31. The van der Waals surface area contributed by atoms with E-state index in [1.54, 1.807) is 37.1 Å². The molecule has 7 nitrogen and oxygen atoms in total. The molecule has 3 heterocycles. The van der Waals surface area contributed by atoms with Gasteiger partial charge in [0.1, 0.15) is 18.1 Å². The number of aromatic nitrogens is 3. The van der Waals surface area contributed by atoms with Crippen LogP contribution in [0.2, 0.25) is 0 Å². The monoisotopic (exact) mass is 424 g/mol. The quantitative estimate of drug-likeness (QED) is 0.629. The first-order valence-electron chi connectivity index (χ1n) is 10.4. The summed E-state index contributed by atoms with van der Waals surface area (Å²) in [5.41, 5.74) is 1.76. The molecule has 1 atom stereocenters. The van der Waals surface area contributed by atoms with Gasteiger partial charge in [0.05, 0.1) is 12.1 Å². The maximum atomic E-state index is 13.4. The fourth-order valence-corrected chi connectivity index (χ4v) is 4.05. The fourth-order valence-electron chi connectivity index (χ4n) is 4.05. The summed E-state index contributed by atoms with van der Waals surface area (Å²) in [7, 11) is 0. The van der Waals surface area contributed by atoms with Crippen molar-refractivity contribution in [3.63, 3.8) is 0 Å². The van der Waals surface area contributed by atoms with Crippen LogP contribution in [0.5, 0.6) is 0 Å². The van der Waals surface area contributed by atoms with E-state index < -0.39 is 5.69 Å². The van der Waals surface area contributed by atoms with Gasteiger partial charge in [-0.15, -0.1) is 0 Å². The molecule has 0 spiro atoms. The summed E-state index contributed by atoms with van der Waals surface area (Å²) in [4.78, 5) is 35.1. The van der Waals surface area contributed by atoms with E-state index in [4.69, 9.17) is 4.42 Å². The van der Waals surface area contributed by atoms with Gasteiger partial charge in [0.2, 0.25) is 5.91 Å². The van der Waals surface area contributed by atoms with E-state index in [0.29, 0.717) is 42.5 Å². The minimum atomic E-state index is -0.408. The Morgan fingerprint density at radius 2 is 2.13 bits per heavy atom. The zero-order valence-electron chi connectivity index (χ0n) is 17.7. The molecule has 1 amide bonds. The van der Waals surface area contributed by atoms with Gasteiger partial charge in [-0.3, -0.25) is 9.36 Å². The van der Waals surface area contributed by atoms with E-state index in [-0.39, 0.29) is 24.2 Å². The van der Waals surface area contributed by atoms with E-state index in [9.17, 15) is 14.0 Å². The van der Waals surface area contributed by atoms with Crippen LogP contribution in [0.1, 0.15) is 47.4 Å².